The number of carboxylic acids is 1. The van der Waals surface area contributed by atoms with Gasteiger partial charge in [0.15, 0.2) is 0 Å². The molecule has 1 amide bonds. The van der Waals surface area contributed by atoms with Crippen LogP contribution in [0.1, 0.15) is 52.0 Å². The van der Waals surface area contributed by atoms with Crippen molar-refractivity contribution in [2.45, 2.75) is 58.5 Å². The lowest BCUT2D eigenvalue weighted by Crippen LogP contribution is -2.51. The number of likely N-dealkylation sites (N-methyl/N-ethyl adjacent to an activating group) is 1. The summed E-state index contributed by atoms with van der Waals surface area (Å²) in [6.07, 6.45) is 1.78. The Labute approximate surface area is 174 Å². The number of amides is 1. The number of hydrogen-bond acceptors (Lipinski definition) is 4. The standard InChI is InChI=1S/C21H33N3O3.ClH/c1-5-23(14-20(25)26)17-10-12-24(13-11-17)16(4)21(27)22-19-9-7-6-8-18(19)15(2)3;/h6-9,15-17H,5,10-14H2,1-4H3,(H,22,27)(H,25,26);1H. The quantitative estimate of drug-likeness (QED) is 0.685. The minimum atomic E-state index is -0.782. The Morgan fingerprint density at radius 1 is 1.21 bits per heavy atom. The molecular weight excluding hydrogens is 378 g/mol. The number of piperidine rings is 1. The van der Waals surface area contributed by atoms with Crippen molar-refractivity contribution in [1.82, 2.24) is 9.80 Å². The van der Waals surface area contributed by atoms with Gasteiger partial charge in [0.05, 0.1) is 12.6 Å². The molecule has 158 valence electrons. The number of nitrogens with zero attached hydrogens (tertiary/aromatic N) is 2. The predicted molar refractivity (Wildman–Crippen MR) is 115 cm³/mol. The molecule has 6 nitrogen and oxygen atoms in total. The normalized spacial score (nSPS) is 16.6. The number of anilines is 1. The Morgan fingerprint density at radius 3 is 2.36 bits per heavy atom. The zero-order chi connectivity index (χ0) is 20.0. The summed E-state index contributed by atoms with van der Waals surface area (Å²) in [5.74, 6) is -0.419. The molecule has 1 heterocycles. The van der Waals surface area contributed by atoms with Gasteiger partial charge in [-0.1, -0.05) is 39.0 Å². The lowest BCUT2D eigenvalue weighted by Gasteiger charge is -2.39. The smallest absolute Gasteiger partial charge is 0.317 e. The zero-order valence-corrected chi connectivity index (χ0v) is 18.2. The number of carboxylic acid groups (broad SMARTS) is 1. The summed E-state index contributed by atoms with van der Waals surface area (Å²) in [6.45, 7) is 10.6. The minimum absolute atomic E-state index is 0. The number of carbonyl (C=O) groups excluding carboxylic acids is 1. The number of rotatable bonds is 8. The van der Waals surface area contributed by atoms with Crippen molar-refractivity contribution in [2.75, 3.05) is 31.5 Å². The molecule has 1 saturated heterocycles. The molecule has 0 bridgehead atoms. The maximum atomic E-state index is 12.8. The van der Waals surface area contributed by atoms with Gasteiger partial charge in [-0.2, -0.15) is 0 Å². The first-order valence-corrected chi connectivity index (χ1v) is 9.93. The van der Waals surface area contributed by atoms with Crippen molar-refractivity contribution < 1.29 is 14.7 Å². The van der Waals surface area contributed by atoms with E-state index < -0.39 is 5.97 Å². The Morgan fingerprint density at radius 2 is 1.82 bits per heavy atom. The molecule has 1 fully saturated rings. The van der Waals surface area contributed by atoms with E-state index in [9.17, 15) is 9.59 Å². The van der Waals surface area contributed by atoms with Crippen LogP contribution in [0, 0.1) is 0 Å². The monoisotopic (exact) mass is 411 g/mol. The second-order valence-corrected chi connectivity index (χ2v) is 7.63. The van der Waals surface area contributed by atoms with E-state index >= 15 is 0 Å². The zero-order valence-electron chi connectivity index (χ0n) is 17.4. The fraction of sp³-hybridized carbons (Fsp3) is 0.619. The molecule has 1 aliphatic rings. The van der Waals surface area contributed by atoms with Crippen molar-refractivity contribution in [3.8, 4) is 0 Å². The van der Waals surface area contributed by atoms with Crippen molar-refractivity contribution >= 4 is 30.0 Å². The first-order chi connectivity index (χ1) is 12.8. The van der Waals surface area contributed by atoms with Gasteiger partial charge in [0, 0.05) is 24.8 Å². The van der Waals surface area contributed by atoms with Crippen LogP contribution in [0.5, 0.6) is 0 Å². The second kappa shape index (κ2) is 11.4. The van der Waals surface area contributed by atoms with Gasteiger partial charge < -0.3 is 10.4 Å². The molecule has 2 rings (SSSR count). The first kappa shape index (κ1) is 24.4. The first-order valence-electron chi connectivity index (χ1n) is 9.93. The predicted octanol–water partition coefficient (Wildman–Crippen LogP) is 3.43. The Bertz CT molecular complexity index is 646. The van der Waals surface area contributed by atoms with E-state index in [-0.39, 0.29) is 36.9 Å². The van der Waals surface area contributed by atoms with E-state index in [0.717, 1.165) is 43.7 Å². The maximum Gasteiger partial charge on any atom is 0.317 e. The Kier molecular flexibility index (Phi) is 9.93. The number of carbonyl (C=O) groups is 2. The average Bonchev–Trinajstić information content (AvgIpc) is 2.65. The fourth-order valence-corrected chi connectivity index (χ4v) is 3.83. The molecule has 28 heavy (non-hydrogen) atoms. The van der Waals surface area contributed by atoms with Gasteiger partial charge in [-0.25, -0.2) is 0 Å². The van der Waals surface area contributed by atoms with Crippen LogP contribution in [0.15, 0.2) is 24.3 Å². The molecule has 0 aliphatic carbocycles. The van der Waals surface area contributed by atoms with Gasteiger partial charge in [-0.15, -0.1) is 12.4 Å². The highest BCUT2D eigenvalue weighted by Gasteiger charge is 2.29. The van der Waals surface area contributed by atoms with E-state index in [1.54, 1.807) is 0 Å². The van der Waals surface area contributed by atoms with Gasteiger partial charge in [-0.3, -0.25) is 19.4 Å². The van der Waals surface area contributed by atoms with E-state index in [1.165, 1.54) is 0 Å². The molecule has 0 radical (unpaired) electrons. The molecule has 0 saturated carbocycles. The van der Waals surface area contributed by atoms with E-state index in [0.29, 0.717) is 5.92 Å². The Balaban J connectivity index is 0.00000392. The number of nitrogens with one attached hydrogen (secondary N) is 1. The molecule has 1 aromatic carbocycles. The molecule has 1 aliphatic heterocycles. The van der Waals surface area contributed by atoms with Crippen LogP contribution in [0.3, 0.4) is 0 Å². The van der Waals surface area contributed by atoms with Gasteiger partial charge in [0.25, 0.3) is 0 Å². The third-order valence-corrected chi connectivity index (χ3v) is 5.53. The van der Waals surface area contributed by atoms with Gasteiger partial charge in [0.1, 0.15) is 0 Å². The number of para-hydroxylation sites is 1. The lowest BCUT2D eigenvalue weighted by molar-refractivity contribution is -0.139. The van der Waals surface area contributed by atoms with Crippen LogP contribution < -0.4 is 5.32 Å². The summed E-state index contributed by atoms with van der Waals surface area (Å²) in [4.78, 5) is 28.0. The third kappa shape index (κ3) is 6.47. The topological polar surface area (TPSA) is 72.9 Å². The van der Waals surface area contributed by atoms with Crippen LogP contribution in [0.4, 0.5) is 5.69 Å². The highest BCUT2D eigenvalue weighted by molar-refractivity contribution is 5.95. The van der Waals surface area contributed by atoms with Crippen LogP contribution in [0.2, 0.25) is 0 Å². The van der Waals surface area contributed by atoms with Crippen LogP contribution in [0.25, 0.3) is 0 Å². The van der Waals surface area contributed by atoms with E-state index in [1.807, 2.05) is 36.9 Å². The van der Waals surface area contributed by atoms with E-state index in [2.05, 4.69) is 30.1 Å². The van der Waals surface area contributed by atoms with Crippen molar-refractivity contribution in [3.63, 3.8) is 0 Å². The van der Waals surface area contributed by atoms with Crippen molar-refractivity contribution in [3.05, 3.63) is 29.8 Å². The van der Waals surface area contributed by atoms with Crippen LogP contribution >= 0.6 is 12.4 Å². The summed E-state index contributed by atoms with van der Waals surface area (Å²) < 4.78 is 0. The van der Waals surface area contributed by atoms with E-state index in [4.69, 9.17) is 5.11 Å². The SMILES string of the molecule is CCN(CC(=O)O)C1CCN(C(C)C(=O)Nc2ccccc2C(C)C)CC1.Cl. The molecule has 1 unspecified atom stereocenters. The third-order valence-electron chi connectivity index (χ3n) is 5.53. The molecule has 1 aromatic rings. The Hall–Kier alpha value is -1.63. The summed E-state index contributed by atoms with van der Waals surface area (Å²) in [5, 5.41) is 12.1. The maximum absolute atomic E-state index is 12.8. The largest absolute Gasteiger partial charge is 0.480 e. The second-order valence-electron chi connectivity index (χ2n) is 7.63. The number of aliphatic carboxylic acids is 1. The lowest BCUT2D eigenvalue weighted by atomic mass is 10.00. The molecule has 1 atom stereocenters. The number of halogens is 1. The highest BCUT2D eigenvalue weighted by Crippen LogP contribution is 2.24. The van der Waals surface area contributed by atoms with Gasteiger partial charge in [0.2, 0.25) is 5.91 Å². The molecule has 7 heteroatoms. The van der Waals surface area contributed by atoms with Crippen molar-refractivity contribution in [1.29, 1.82) is 0 Å². The average molecular weight is 412 g/mol. The molecule has 0 spiro atoms. The number of benzene rings is 1. The van der Waals surface area contributed by atoms with Crippen molar-refractivity contribution in [2.24, 2.45) is 0 Å². The summed E-state index contributed by atoms with van der Waals surface area (Å²) in [7, 11) is 0. The molecule has 2 N–H and O–H groups in total. The summed E-state index contributed by atoms with van der Waals surface area (Å²) >= 11 is 0. The highest BCUT2D eigenvalue weighted by atomic mass is 35.5. The van der Waals surface area contributed by atoms with Crippen LogP contribution in [-0.2, 0) is 9.59 Å². The minimum Gasteiger partial charge on any atom is -0.480 e. The number of likely N-dealkylation sites (tertiary alicyclic amines) is 1. The summed E-state index contributed by atoms with van der Waals surface area (Å²) in [6, 6.07) is 8.02. The van der Waals surface area contributed by atoms with Gasteiger partial charge in [-0.05, 0) is 43.9 Å². The number of hydrogen-bond donors (Lipinski definition) is 2. The fourth-order valence-electron chi connectivity index (χ4n) is 3.83. The summed E-state index contributed by atoms with van der Waals surface area (Å²) in [5.41, 5.74) is 2.03. The van der Waals surface area contributed by atoms with Crippen LogP contribution in [-0.4, -0.2) is 65.0 Å². The molecular formula is C21H34ClN3O3. The van der Waals surface area contributed by atoms with Gasteiger partial charge >= 0.3 is 5.97 Å². The molecule has 0 aromatic heterocycles.